The van der Waals surface area contributed by atoms with E-state index < -0.39 is 5.54 Å². The number of carbonyl (C=O) groups excluding carboxylic acids is 1. The fourth-order valence-electron chi connectivity index (χ4n) is 1.83. The highest BCUT2D eigenvalue weighted by atomic mass is 16.1. The van der Waals surface area contributed by atoms with Crippen molar-refractivity contribution >= 4 is 16.7 Å². The molecular weight excluding hydrogens is 224 g/mol. The van der Waals surface area contributed by atoms with Crippen molar-refractivity contribution in [2.24, 2.45) is 5.73 Å². The Bertz CT molecular complexity index is 565. The number of amides is 1. The van der Waals surface area contributed by atoms with Crippen LogP contribution in [-0.2, 0) is 0 Å². The Labute approximate surface area is 107 Å². The van der Waals surface area contributed by atoms with Crippen LogP contribution in [0.2, 0.25) is 0 Å². The van der Waals surface area contributed by atoms with Crippen molar-refractivity contribution in [3.63, 3.8) is 0 Å². The first-order valence-corrected chi connectivity index (χ1v) is 6.02. The second-order valence-corrected chi connectivity index (χ2v) is 5.20. The van der Waals surface area contributed by atoms with E-state index >= 15 is 0 Å². The van der Waals surface area contributed by atoms with Crippen LogP contribution in [0.4, 0.5) is 0 Å². The molecule has 0 aromatic heterocycles. The number of hydrogen-bond acceptors (Lipinski definition) is 2. The maximum atomic E-state index is 12.1. The molecule has 0 aliphatic carbocycles. The molecule has 0 unspecified atom stereocenters. The normalized spacial score (nSPS) is 11.5. The van der Waals surface area contributed by atoms with Crippen LogP contribution >= 0.6 is 0 Å². The Hall–Kier alpha value is -1.87. The summed E-state index contributed by atoms with van der Waals surface area (Å²) in [6.07, 6.45) is 0. The van der Waals surface area contributed by atoms with Crippen LogP contribution in [0.25, 0.3) is 10.8 Å². The zero-order valence-corrected chi connectivity index (χ0v) is 10.7. The molecule has 0 radical (unpaired) electrons. The first-order valence-electron chi connectivity index (χ1n) is 6.02. The third-order valence-electron chi connectivity index (χ3n) is 2.74. The molecule has 0 heterocycles. The molecular formula is C15H18N2O. The van der Waals surface area contributed by atoms with Crippen LogP contribution in [0.5, 0.6) is 0 Å². The summed E-state index contributed by atoms with van der Waals surface area (Å²) in [7, 11) is 0. The van der Waals surface area contributed by atoms with Gasteiger partial charge in [0.25, 0.3) is 5.91 Å². The minimum Gasteiger partial charge on any atom is -0.350 e. The van der Waals surface area contributed by atoms with Gasteiger partial charge >= 0.3 is 0 Å². The lowest BCUT2D eigenvalue weighted by Crippen LogP contribution is -2.45. The smallest absolute Gasteiger partial charge is 0.251 e. The van der Waals surface area contributed by atoms with Gasteiger partial charge in [-0.3, -0.25) is 4.79 Å². The molecule has 2 aromatic carbocycles. The zero-order chi connectivity index (χ0) is 13.2. The van der Waals surface area contributed by atoms with Crippen LogP contribution in [0.3, 0.4) is 0 Å². The summed E-state index contributed by atoms with van der Waals surface area (Å²) in [6, 6.07) is 13.6. The van der Waals surface area contributed by atoms with Crippen molar-refractivity contribution < 1.29 is 4.79 Å². The molecule has 2 rings (SSSR count). The lowest BCUT2D eigenvalue weighted by Gasteiger charge is -2.19. The fourth-order valence-corrected chi connectivity index (χ4v) is 1.83. The van der Waals surface area contributed by atoms with Gasteiger partial charge in [0.1, 0.15) is 0 Å². The van der Waals surface area contributed by atoms with E-state index in [1.807, 2.05) is 56.3 Å². The molecule has 0 fully saturated rings. The van der Waals surface area contributed by atoms with Gasteiger partial charge in [-0.15, -0.1) is 0 Å². The SMILES string of the molecule is CC(C)(N)CNC(=O)c1cccc2ccccc12. The van der Waals surface area contributed by atoms with Gasteiger partial charge in [-0.25, -0.2) is 0 Å². The molecule has 3 nitrogen and oxygen atoms in total. The average molecular weight is 242 g/mol. The maximum Gasteiger partial charge on any atom is 0.251 e. The Balaban J connectivity index is 2.28. The molecule has 94 valence electrons. The third-order valence-corrected chi connectivity index (χ3v) is 2.74. The number of fused-ring (bicyclic) bond motifs is 1. The van der Waals surface area contributed by atoms with E-state index in [0.717, 1.165) is 10.8 Å². The van der Waals surface area contributed by atoms with Gasteiger partial charge in [-0.1, -0.05) is 36.4 Å². The van der Waals surface area contributed by atoms with Gasteiger partial charge in [-0.05, 0) is 30.7 Å². The second kappa shape index (κ2) is 4.78. The first kappa shape index (κ1) is 12.6. The van der Waals surface area contributed by atoms with E-state index in [-0.39, 0.29) is 5.91 Å². The molecule has 3 heteroatoms. The van der Waals surface area contributed by atoms with Crippen molar-refractivity contribution in [3.05, 3.63) is 48.0 Å². The number of nitrogens with two attached hydrogens (primary N) is 1. The summed E-state index contributed by atoms with van der Waals surface area (Å²) in [6.45, 7) is 4.22. The zero-order valence-electron chi connectivity index (χ0n) is 10.7. The minimum atomic E-state index is -0.403. The molecule has 0 bridgehead atoms. The maximum absolute atomic E-state index is 12.1. The van der Waals surface area contributed by atoms with E-state index in [2.05, 4.69) is 5.32 Å². The second-order valence-electron chi connectivity index (χ2n) is 5.20. The lowest BCUT2D eigenvalue weighted by atomic mass is 10.0. The number of carbonyl (C=O) groups is 1. The van der Waals surface area contributed by atoms with E-state index in [0.29, 0.717) is 12.1 Å². The van der Waals surface area contributed by atoms with Crippen molar-refractivity contribution in [3.8, 4) is 0 Å². The fraction of sp³-hybridized carbons (Fsp3) is 0.267. The summed E-state index contributed by atoms with van der Waals surface area (Å²) in [5, 5.41) is 4.90. The molecule has 0 spiro atoms. The molecule has 3 N–H and O–H groups in total. The Kier molecular flexibility index (Phi) is 3.34. The summed E-state index contributed by atoms with van der Waals surface area (Å²) < 4.78 is 0. The quantitative estimate of drug-likeness (QED) is 0.867. The average Bonchev–Trinajstić information content (AvgIpc) is 2.34. The molecule has 0 saturated carbocycles. The molecule has 1 amide bonds. The highest BCUT2D eigenvalue weighted by molar-refractivity contribution is 6.07. The largest absolute Gasteiger partial charge is 0.350 e. The van der Waals surface area contributed by atoms with Gasteiger partial charge in [-0.2, -0.15) is 0 Å². The third kappa shape index (κ3) is 2.87. The van der Waals surface area contributed by atoms with Gasteiger partial charge in [0.15, 0.2) is 0 Å². The van der Waals surface area contributed by atoms with E-state index in [1.54, 1.807) is 0 Å². The molecule has 0 saturated heterocycles. The Morgan fingerprint density at radius 2 is 1.83 bits per heavy atom. The van der Waals surface area contributed by atoms with Gasteiger partial charge in [0.2, 0.25) is 0 Å². The standard InChI is InChI=1S/C15H18N2O/c1-15(2,16)10-17-14(18)13-9-5-7-11-6-3-4-8-12(11)13/h3-9H,10,16H2,1-2H3,(H,17,18). The minimum absolute atomic E-state index is 0.0784. The Morgan fingerprint density at radius 3 is 2.56 bits per heavy atom. The topological polar surface area (TPSA) is 55.1 Å². The number of rotatable bonds is 3. The van der Waals surface area contributed by atoms with Crippen LogP contribution < -0.4 is 11.1 Å². The van der Waals surface area contributed by atoms with E-state index in [9.17, 15) is 4.79 Å². The highest BCUT2D eigenvalue weighted by Crippen LogP contribution is 2.18. The van der Waals surface area contributed by atoms with Gasteiger partial charge in [0.05, 0.1) is 0 Å². The number of hydrogen-bond donors (Lipinski definition) is 2. The van der Waals surface area contributed by atoms with E-state index in [4.69, 9.17) is 5.73 Å². The van der Waals surface area contributed by atoms with Crippen LogP contribution in [-0.4, -0.2) is 18.0 Å². The monoisotopic (exact) mass is 242 g/mol. The molecule has 0 aliphatic rings. The van der Waals surface area contributed by atoms with Crippen molar-refractivity contribution in [1.29, 1.82) is 0 Å². The first-order chi connectivity index (χ1) is 8.47. The predicted molar refractivity (Wildman–Crippen MR) is 74.5 cm³/mol. The van der Waals surface area contributed by atoms with Crippen molar-refractivity contribution in [1.82, 2.24) is 5.32 Å². The molecule has 2 aromatic rings. The molecule has 18 heavy (non-hydrogen) atoms. The van der Waals surface area contributed by atoms with E-state index in [1.165, 1.54) is 0 Å². The summed E-state index contributed by atoms with van der Waals surface area (Å²) in [5.41, 5.74) is 6.15. The summed E-state index contributed by atoms with van der Waals surface area (Å²) in [5.74, 6) is -0.0784. The van der Waals surface area contributed by atoms with Crippen molar-refractivity contribution in [2.45, 2.75) is 19.4 Å². The summed E-state index contributed by atoms with van der Waals surface area (Å²) >= 11 is 0. The number of benzene rings is 2. The van der Waals surface area contributed by atoms with Crippen LogP contribution in [0.15, 0.2) is 42.5 Å². The van der Waals surface area contributed by atoms with Crippen molar-refractivity contribution in [2.75, 3.05) is 6.54 Å². The lowest BCUT2D eigenvalue weighted by molar-refractivity contribution is 0.0947. The van der Waals surface area contributed by atoms with Crippen LogP contribution in [0.1, 0.15) is 24.2 Å². The highest BCUT2D eigenvalue weighted by Gasteiger charge is 2.14. The predicted octanol–water partition coefficient (Wildman–Crippen LogP) is 2.31. The van der Waals surface area contributed by atoms with Gasteiger partial charge in [0, 0.05) is 17.6 Å². The van der Waals surface area contributed by atoms with Crippen LogP contribution in [0, 0.1) is 0 Å². The Morgan fingerprint density at radius 1 is 1.17 bits per heavy atom. The number of nitrogens with one attached hydrogen (secondary N) is 1. The molecule has 0 atom stereocenters. The van der Waals surface area contributed by atoms with Gasteiger partial charge < -0.3 is 11.1 Å². The molecule has 0 aliphatic heterocycles. The summed E-state index contributed by atoms with van der Waals surface area (Å²) in [4.78, 5) is 12.1.